The summed E-state index contributed by atoms with van der Waals surface area (Å²) in [6.45, 7) is 2.95. The summed E-state index contributed by atoms with van der Waals surface area (Å²) in [5.74, 6) is -0.311. The average Bonchev–Trinajstić information content (AvgIpc) is 3.35. The molecule has 36 heavy (non-hydrogen) atoms. The highest BCUT2D eigenvalue weighted by atomic mass is 32.2. The van der Waals surface area contributed by atoms with Crippen molar-refractivity contribution in [2.45, 2.75) is 44.7 Å². The van der Waals surface area contributed by atoms with Gasteiger partial charge < -0.3 is 0 Å². The Bertz CT molecular complexity index is 1710. The Kier molecular flexibility index (Phi) is 5.94. The Morgan fingerprint density at radius 3 is 2.42 bits per heavy atom. The van der Waals surface area contributed by atoms with Crippen LogP contribution in [0.25, 0.3) is 10.9 Å². The molecule has 13 heteroatoms. The Morgan fingerprint density at radius 1 is 1.08 bits per heavy atom. The highest BCUT2D eigenvalue weighted by Gasteiger charge is 2.46. The first-order valence-corrected chi connectivity index (χ1v) is 13.8. The molecule has 4 aromatic rings. The summed E-state index contributed by atoms with van der Waals surface area (Å²) in [5, 5.41) is 13.6. The lowest BCUT2D eigenvalue weighted by molar-refractivity contribution is 0.367. The van der Waals surface area contributed by atoms with E-state index in [1.54, 1.807) is 18.7 Å². The molecular formula is C23H25FN6O4S2. The van der Waals surface area contributed by atoms with Gasteiger partial charge in [0.1, 0.15) is 10.0 Å². The zero-order chi connectivity index (χ0) is 25.8. The highest BCUT2D eigenvalue weighted by Crippen LogP contribution is 2.47. The molecule has 0 unspecified atom stereocenters. The van der Waals surface area contributed by atoms with E-state index in [1.165, 1.54) is 34.1 Å². The van der Waals surface area contributed by atoms with Gasteiger partial charge in [-0.25, -0.2) is 13.2 Å². The number of aryl methyl sites for hydroxylation is 3. The van der Waals surface area contributed by atoms with E-state index >= 15 is 0 Å². The smallest absolute Gasteiger partial charge is 0.287 e. The third-order valence-corrected chi connectivity index (χ3v) is 9.36. The number of aromatic nitrogens is 6. The van der Waals surface area contributed by atoms with Gasteiger partial charge in [-0.2, -0.15) is 5.10 Å². The first kappa shape index (κ1) is 24.5. The number of alkyl halides is 1. The van der Waals surface area contributed by atoms with Crippen molar-refractivity contribution in [1.82, 2.24) is 29.1 Å². The van der Waals surface area contributed by atoms with E-state index in [2.05, 4.69) is 15.3 Å². The number of nitrogens with zero attached hydrogens (tertiary/aromatic N) is 6. The Morgan fingerprint density at radius 2 is 1.83 bits per heavy atom. The van der Waals surface area contributed by atoms with Gasteiger partial charge in [0.05, 0.1) is 52.7 Å². The van der Waals surface area contributed by atoms with Crippen LogP contribution in [0.4, 0.5) is 4.39 Å². The Labute approximate surface area is 209 Å². The van der Waals surface area contributed by atoms with Crippen molar-refractivity contribution < 1.29 is 12.8 Å². The number of sulfone groups is 1. The Hall–Kier alpha value is -3.19. The topological polar surface area (TPSA) is 122 Å². The van der Waals surface area contributed by atoms with Crippen LogP contribution in [0.5, 0.6) is 0 Å². The zero-order valence-electron chi connectivity index (χ0n) is 20.1. The van der Waals surface area contributed by atoms with Crippen molar-refractivity contribution in [1.29, 1.82) is 0 Å². The average molecular weight is 533 g/mol. The molecule has 0 amide bonds. The predicted octanol–water partition coefficient (Wildman–Crippen LogP) is 1.99. The summed E-state index contributed by atoms with van der Waals surface area (Å²) >= 11 is 1.27. The molecule has 3 aromatic heterocycles. The van der Waals surface area contributed by atoms with E-state index in [-0.39, 0.29) is 29.1 Å². The second-order valence-electron chi connectivity index (χ2n) is 9.45. The molecule has 0 radical (unpaired) electrons. The van der Waals surface area contributed by atoms with Crippen LogP contribution >= 0.6 is 11.3 Å². The molecule has 1 aliphatic carbocycles. The lowest BCUT2D eigenvalue weighted by Gasteiger charge is -2.15. The number of hydrogen-bond acceptors (Lipinski definition) is 8. The fourth-order valence-electron chi connectivity index (χ4n) is 4.38. The van der Waals surface area contributed by atoms with Crippen molar-refractivity contribution in [3.63, 3.8) is 0 Å². The minimum atomic E-state index is -3.84. The van der Waals surface area contributed by atoms with Gasteiger partial charge in [-0.05, 0) is 51.0 Å². The molecule has 5 rings (SSSR count). The molecule has 0 bridgehead atoms. The van der Waals surface area contributed by atoms with E-state index in [1.807, 2.05) is 13.0 Å². The minimum absolute atomic E-state index is 0.0632. The third kappa shape index (κ3) is 4.41. The summed E-state index contributed by atoms with van der Waals surface area (Å²) in [4.78, 5) is 27.0. The minimum Gasteiger partial charge on any atom is -0.287 e. The van der Waals surface area contributed by atoms with Crippen molar-refractivity contribution in [3.8, 4) is 0 Å². The molecule has 190 valence electrons. The normalized spacial score (nSPS) is 15.0. The van der Waals surface area contributed by atoms with Gasteiger partial charge in [-0.15, -0.1) is 10.2 Å². The van der Waals surface area contributed by atoms with Crippen LogP contribution in [-0.4, -0.2) is 50.0 Å². The van der Waals surface area contributed by atoms with E-state index < -0.39 is 33.2 Å². The number of fused-ring (bicyclic) bond motifs is 1. The molecule has 1 aromatic carbocycles. The first-order valence-electron chi connectivity index (χ1n) is 11.4. The second-order valence-corrected chi connectivity index (χ2v) is 12.7. The van der Waals surface area contributed by atoms with Gasteiger partial charge in [-0.1, -0.05) is 11.3 Å². The van der Waals surface area contributed by atoms with Crippen LogP contribution in [0, 0.1) is 19.3 Å². The van der Waals surface area contributed by atoms with Crippen molar-refractivity contribution in [2.24, 2.45) is 12.5 Å². The standard InChI is InChI=1S/C23H25FN6O4S2/c1-14-8-16(28(3)27-14)10-29-19-5-4-17(36(33,34)13-23(12-24)6-7-23)9-18(19)21(31)30(22(29)32)11-20-26-25-15(2)35-20/h4-5,8-9H,6-7,10-13H2,1-3H3. The molecule has 1 aliphatic rings. The van der Waals surface area contributed by atoms with Gasteiger partial charge in [-0.3, -0.25) is 23.0 Å². The summed E-state index contributed by atoms with van der Waals surface area (Å²) < 4.78 is 43.8. The van der Waals surface area contributed by atoms with Gasteiger partial charge in [0.2, 0.25) is 0 Å². The largest absolute Gasteiger partial charge is 0.332 e. The van der Waals surface area contributed by atoms with Crippen molar-refractivity contribution in [3.05, 3.63) is 66.5 Å². The van der Waals surface area contributed by atoms with Crippen LogP contribution in [-0.2, 0) is 30.0 Å². The number of benzene rings is 1. The lowest BCUT2D eigenvalue weighted by atomic mass is 10.2. The fraction of sp³-hybridized carbons (Fsp3) is 0.435. The van der Waals surface area contributed by atoms with Gasteiger partial charge in [0.15, 0.2) is 9.84 Å². The molecule has 0 N–H and O–H groups in total. The summed E-state index contributed by atoms with van der Waals surface area (Å²) in [5.41, 5.74) is -0.187. The van der Waals surface area contributed by atoms with Gasteiger partial charge in [0.25, 0.3) is 5.56 Å². The van der Waals surface area contributed by atoms with Crippen LogP contribution in [0.2, 0.25) is 0 Å². The van der Waals surface area contributed by atoms with E-state index in [0.717, 1.165) is 16.0 Å². The molecule has 3 heterocycles. The van der Waals surface area contributed by atoms with Gasteiger partial charge in [0, 0.05) is 12.5 Å². The van der Waals surface area contributed by atoms with Crippen LogP contribution < -0.4 is 11.2 Å². The Balaban J connectivity index is 1.69. The van der Waals surface area contributed by atoms with E-state index in [4.69, 9.17) is 0 Å². The lowest BCUT2D eigenvalue weighted by Crippen LogP contribution is -2.40. The van der Waals surface area contributed by atoms with Crippen molar-refractivity contribution >= 4 is 32.1 Å². The number of rotatable bonds is 8. The second kappa shape index (κ2) is 8.73. The summed E-state index contributed by atoms with van der Waals surface area (Å²) in [7, 11) is -2.08. The van der Waals surface area contributed by atoms with Gasteiger partial charge >= 0.3 is 5.69 Å². The summed E-state index contributed by atoms with van der Waals surface area (Å²) in [6, 6.07) is 6.00. The molecule has 10 nitrogen and oxygen atoms in total. The monoisotopic (exact) mass is 532 g/mol. The third-order valence-electron chi connectivity index (χ3n) is 6.57. The maximum Gasteiger partial charge on any atom is 0.332 e. The molecule has 0 spiro atoms. The summed E-state index contributed by atoms with van der Waals surface area (Å²) in [6.07, 6.45) is 1.04. The molecule has 0 saturated heterocycles. The van der Waals surface area contributed by atoms with E-state index in [0.29, 0.717) is 28.4 Å². The first-order chi connectivity index (χ1) is 17.0. The molecule has 0 aliphatic heterocycles. The van der Waals surface area contributed by atoms with E-state index in [9.17, 15) is 22.4 Å². The quantitative estimate of drug-likeness (QED) is 0.340. The number of halogens is 1. The molecule has 0 atom stereocenters. The SMILES string of the molecule is Cc1cc(Cn2c(=O)n(Cc3nnc(C)s3)c(=O)c3cc(S(=O)(=O)CC4(CF)CC4)ccc32)n(C)n1. The molecular weight excluding hydrogens is 507 g/mol. The highest BCUT2D eigenvalue weighted by molar-refractivity contribution is 7.91. The molecule has 1 saturated carbocycles. The zero-order valence-corrected chi connectivity index (χ0v) is 21.7. The van der Waals surface area contributed by atoms with Crippen molar-refractivity contribution in [2.75, 3.05) is 12.4 Å². The van der Waals surface area contributed by atoms with Crippen LogP contribution in [0.3, 0.4) is 0 Å². The fourth-order valence-corrected chi connectivity index (χ4v) is 6.99. The predicted molar refractivity (Wildman–Crippen MR) is 133 cm³/mol. The van der Waals surface area contributed by atoms with Crippen LogP contribution in [0.15, 0.2) is 38.8 Å². The maximum atomic E-state index is 13.5. The number of hydrogen-bond donors (Lipinski definition) is 0. The maximum absolute atomic E-state index is 13.5. The molecule has 1 fully saturated rings. The van der Waals surface area contributed by atoms with Crippen LogP contribution in [0.1, 0.15) is 34.2 Å².